The molecule has 1 aliphatic heterocycles. The number of nitrogens with zero attached hydrogens (tertiary/aromatic N) is 3. The lowest BCUT2D eigenvalue weighted by molar-refractivity contribution is -0.141. The van der Waals surface area contributed by atoms with Crippen LogP contribution in [0.15, 0.2) is 12.1 Å². The van der Waals surface area contributed by atoms with E-state index in [1.807, 2.05) is 6.07 Å². The summed E-state index contributed by atoms with van der Waals surface area (Å²) in [7, 11) is 0. The van der Waals surface area contributed by atoms with Gasteiger partial charge in [0, 0.05) is 19.0 Å². The number of aliphatic hydroxyl groups excluding tert-OH is 1. The van der Waals surface area contributed by atoms with Crippen molar-refractivity contribution in [1.29, 1.82) is 5.26 Å². The fourth-order valence-corrected chi connectivity index (χ4v) is 2.53. The molecule has 1 saturated heterocycles. The molecule has 0 spiro atoms. The van der Waals surface area contributed by atoms with Crippen LogP contribution in [0.4, 0.5) is 19.0 Å². The maximum absolute atomic E-state index is 12.8. The molecule has 2 heterocycles. The van der Waals surface area contributed by atoms with Crippen LogP contribution in [0, 0.1) is 17.2 Å². The minimum Gasteiger partial charge on any atom is -0.393 e. The zero-order chi connectivity index (χ0) is 15.6. The molecule has 1 aromatic heterocycles. The Hall–Kier alpha value is -1.81. The predicted octanol–water partition coefficient (Wildman–Crippen LogP) is 2.57. The van der Waals surface area contributed by atoms with Gasteiger partial charge in [0.15, 0.2) is 0 Å². The summed E-state index contributed by atoms with van der Waals surface area (Å²) in [4.78, 5) is 5.29. The predicted molar refractivity (Wildman–Crippen MR) is 70.6 cm³/mol. The van der Waals surface area contributed by atoms with E-state index >= 15 is 0 Å². The van der Waals surface area contributed by atoms with Crippen LogP contribution in [-0.4, -0.2) is 29.3 Å². The van der Waals surface area contributed by atoms with E-state index in [1.54, 1.807) is 11.8 Å². The fourth-order valence-electron chi connectivity index (χ4n) is 2.53. The number of rotatable bonds is 2. The van der Waals surface area contributed by atoms with Crippen molar-refractivity contribution in [3.05, 3.63) is 23.4 Å². The molecule has 0 aliphatic carbocycles. The SMILES string of the molecule is CC(O)C1CCCN(c2nc(C(F)(F)F)ccc2C#N)C1. The topological polar surface area (TPSA) is 60.1 Å². The standard InChI is InChI=1S/C14H16F3N3O/c1-9(21)11-3-2-6-20(8-11)13-10(7-18)4-5-12(19-13)14(15,16)17/h4-5,9,11,21H,2-3,6,8H2,1H3. The van der Waals surface area contributed by atoms with Crippen molar-refractivity contribution in [2.45, 2.75) is 32.0 Å². The number of anilines is 1. The maximum Gasteiger partial charge on any atom is 0.433 e. The van der Waals surface area contributed by atoms with Gasteiger partial charge in [0.1, 0.15) is 17.6 Å². The summed E-state index contributed by atoms with van der Waals surface area (Å²) in [6.45, 7) is 2.60. The Labute approximate surface area is 120 Å². The smallest absolute Gasteiger partial charge is 0.393 e. The van der Waals surface area contributed by atoms with Crippen LogP contribution < -0.4 is 4.90 Å². The molecule has 2 unspecified atom stereocenters. The van der Waals surface area contributed by atoms with E-state index in [0.29, 0.717) is 13.1 Å². The number of halogens is 3. The monoisotopic (exact) mass is 299 g/mol. The van der Waals surface area contributed by atoms with Gasteiger partial charge in [-0.2, -0.15) is 18.4 Å². The second kappa shape index (κ2) is 5.90. The van der Waals surface area contributed by atoms with Gasteiger partial charge in [0.25, 0.3) is 0 Å². The minimum atomic E-state index is -4.54. The fraction of sp³-hybridized carbons (Fsp3) is 0.571. The number of hydrogen-bond donors (Lipinski definition) is 1. The Morgan fingerprint density at radius 3 is 2.76 bits per heavy atom. The minimum absolute atomic E-state index is 0.0263. The van der Waals surface area contributed by atoms with Crippen molar-refractivity contribution >= 4 is 5.82 Å². The molecular formula is C14H16F3N3O. The molecule has 1 N–H and O–H groups in total. The number of nitriles is 1. The molecule has 0 amide bonds. The normalized spacial score (nSPS) is 21.0. The van der Waals surface area contributed by atoms with E-state index < -0.39 is 18.0 Å². The van der Waals surface area contributed by atoms with E-state index in [4.69, 9.17) is 5.26 Å². The van der Waals surface area contributed by atoms with Crippen LogP contribution in [-0.2, 0) is 6.18 Å². The Kier molecular flexibility index (Phi) is 4.37. The zero-order valence-corrected chi connectivity index (χ0v) is 11.6. The Bertz CT molecular complexity index is 551. The number of aliphatic hydroxyl groups is 1. The highest BCUT2D eigenvalue weighted by Crippen LogP contribution is 2.32. The van der Waals surface area contributed by atoms with Gasteiger partial charge >= 0.3 is 6.18 Å². The zero-order valence-electron chi connectivity index (χ0n) is 11.6. The van der Waals surface area contributed by atoms with Crippen molar-refractivity contribution in [3.8, 4) is 6.07 Å². The van der Waals surface area contributed by atoms with Crippen LogP contribution >= 0.6 is 0 Å². The average Bonchev–Trinajstić information content (AvgIpc) is 2.45. The Balaban J connectivity index is 2.35. The second-order valence-electron chi connectivity index (χ2n) is 5.27. The van der Waals surface area contributed by atoms with Gasteiger partial charge in [-0.15, -0.1) is 0 Å². The summed E-state index contributed by atoms with van der Waals surface area (Å²) in [5.74, 6) is 0.0271. The van der Waals surface area contributed by atoms with Gasteiger partial charge in [0.05, 0.1) is 11.7 Å². The molecule has 0 bridgehead atoms. The highest BCUT2D eigenvalue weighted by atomic mass is 19.4. The van der Waals surface area contributed by atoms with Gasteiger partial charge in [-0.1, -0.05) is 0 Å². The van der Waals surface area contributed by atoms with Crippen molar-refractivity contribution in [1.82, 2.24) is 4.98 Å². The highest BCUT2D eigenvalue weighted by molar-refractivity contribution is 5.55. The average molecular weight is 299 g/mol. The molecule has 114 valence electrons. The quantitative estimate of drug-likeness (QED) is 0.912. The summed E-state index contributed by atoms with van der Waals surface area (Å²) in [6.07, 6.45) is -3.51. The molecule has 7 heteroatoms. The first-order chi connectivity index (χ1) is 9.82. The first-order valence-electron chi connectivity index (χ1n) is 6.74. The molecule has 0 aromatic carbocycles. The molecule has 1 aromatic rings. The van der Waals surface area contributed by atoms with Crippen LogP contribution in [0.3, 0.4) is 0 Å². The molecule has 1 fully saturated rings. The molecule has 4 nitrogen and oxygen atoms in total. The van der Waals surface area contributed by atoms with Gasteiger partial charge < -0.3 is 10.0 Å². The summed E-state index contributed by atoms with van der Waals surface area (Å²) in [5, 5.41) is 18.7. The van der Waals surface area contributed by atoms with Crippen LogP contribution in [0.1, 0.15) is 31.0 Å². The summed E-state index contributed by atoms with van der Waals surface area (Å²) in [5.41, 5.74) is -0.884. The number of hydrogen-bond acceptors (Lipinski definition) is 4. The second-order valence-corrected chi connectivity index (χ2v) is 5.27. The first kappa shape index (κ1) is 15.6. The van der Waals surface area contributed by atoms with Crippen molar-refractivity contribution < 1.29 is 18.3 Å². The molecule has 2 rings (SSSR count). The third-order valence-electron chi connectivity index (χ3n) is 3.73. The van der Waals surface area contributed by atoms with Crippen molar-refractivity contribution in [3.63, 3.8) is 0 Å². The molecular weight excluding hydrogens is 283 g/mol. The van der Waals surface area contributed by atoms with E-state index in [-0.39, 0.29) is 17.3 Å². The molecule has 2 atom stereocenters. The molecule has 1 aliphatic rings. The lowest BCUT2D eigenvalue weighted by Gasteiger charge is -2.35. The summed E-state index contributed by atoms with van der Waals surface area (Å²) in [6, 6.07) is 3.85. The molecule has 0 saturated carbocycles. The van der Waals surface area contributed by atoms with E-state index in [0.717, 1.165) is 25.0 Å². The number of piperidine rings is 1. The summed E-state index contributed by atoms with van der Waals surface area (Å²) >= 11 is 0. The van der Waals surface area contributed by atoms with Crippen molar-refractivity contribution in [2.75, 3.05) is 18.0 Å². The van der Waals surface area contributed by atoms with Crippen LogP contribution in [0.2, 0.25) is 0 Å². The molecule has 21 heavy (non-hydrogen) atoms. The Morgan fingerprint density at radius 1 is 1.48 bits per heavy atom. The van der Waals surface area contributed by atoms with E-state index in [9.17, 15) is 18.3 Å². The lowest BCUT2D eigenvalue weighted by Crippen LogP contribution is -2.40. The Morgan fingerprint density at radius 2 is 2.19 bits per heavy atom. The maximum atomic E-state index is 12.8. The third kappa shape index (κ3) is 3.45. The van der Waals surface area contributed by atoms with Crippen molar-refractivity contribution in [2.24, 2.45) is 5.92 Å². The third-order valence-corrected chi connectivity index (χ3v) is 3.73. The largest absolute Gasteiger partial charge is 0.433 e. The van der Waals surface area contributed by atoms with Gasteiger partial charge in [-0.3, -0.25) is 0 Å². The number of aromatic nitrogens is 1. The van der Waals surface area contributed by atoms with E-state index in [1.165, 1.54) is 0 Å². The molecule has 0 radical (unpaired) electrons. The first-order valence-corrected chi connectivity index (χ1v) is 6.74. The van der Waals surface area contributed by atoms with Crippen LogP contribution in [0.5, 0.6) is 0 Å². The van der Waals surface area contributed by atoms with Crippen LogP contribution in [0.25, 0.3) is 0 Å². The summed E-state index contributed by atoms with van der Waals surface area (Å²) < 4.78 is 38.3. The number of alkyl halides is 3. The number of pyridine rings is 1. The van der Waals surface area contributed by atoms with Gasteiger partial charge in [-0.05, 0) is 31.9 Å². The van der Waals surface area contributed by atoms with E-state index in [2.05, 4.69) is 4.98 Å². The lowest BCUT2D eigenvalue weighted by atomic mass is 9.93. The van der Waals surface area contributed by atoms with Gasteiger partial charge in [0.2, 0.25) is 0 Å². The van der Waals surface area contributed by atoms with Gasteiger partial charge in [-0.25, -0.2) is 4.98 Å². The highest BCUT2D eigenvalue weighted by Gasteiger charge is 2.34.